The summed E-state index contributed by atoms with van der Waals surface area (Å²) in [6.45, 7) is 4.46. The van der Waals surface area contributed by atoms with Crippen LogP contribution in [0.3, 0.4) is 0 Å². The van der Waals surface area contributed by atoms with Crippen LogP contribution in [0.1, 0.15) is 174 Å². The van der Waals surface area contributed by atoms with Gasteiger partial charge in [-0.2, -0.15) is 8.42 Å². The second kappa shape index (κ2) is 27.2. The van der Waals surface area contributed by atoms with Crippen molar-refractivity contribution in [2.45, 2.75) is 193 Å². The molecule has 0 spiro atoms. The minimum Gasteiger partial charge on any atom is -0.391 e. The van der Waals surface area contributed by atoms with Gasteiger partial charge in [0.1, 0.15) is 6.10 Å². The van der Waals surface area contributed by atoms with E-state index in [4.69, 9.17) is 0 Å². The Morgan fingerprint density at radius 1 is 0.575 bits per heavy atom. The Bertz CT molecular complexity index is 672. The first-order chi connectivity index (χ1) is 19.2. The summed E-state index contributed by atoms with van der Waals surface area (Å²) in [6, 6.07) is -1.14. The first-order valence-electron chi connectivity index (χ1n) is 16.8. The van der Waals surface area contributed by atoms with E-state index in [2.05, 4.69) is 19.2 Å². The third-order valence-electron chi connectivity index (χ3n) is 7.92. The number of hydrogen-bond donors (Lipinski definition) is 4. The van der Waals surface area contributed by atoms with E-state index >= 15 is 0 Å². The molecule has 0 fully saturated rings. The van der Waals surface area contributed by atoms with Gasteiger partial charge in [0.05, 0.1) is 17.9 Å². The van der Waals surface area contributed by atoms with Gasteiger partial charge in [-0.1, -0.05) is 162 Å². The molecule has 3 unspecified atom stereocenters. The molecule has 0 aromatic carbocycles. The topological polar surface area (TPSA) is 124 Å². The highest BCUT2D eigenvalue weighted by Gasteiger charge is 2.28. The molecule has 4 N–H and O–H groups in total. The van der Waals surface area contributed by atoms with Crippen LogP contribution >= 0.6 is 0 Å². The van der Waals surface area contributed by atoms with Crippen molar-refractivity contribution in [1.29, 1.82) is 0 Å². The van der Waals surface area contributed by atoms with Crippen molar-refractivity contribution >= 4 is 16.0 Å². The summed E-state index contributed by atoms with van der Waals surface area (Å²) >= 11 is 0. The molecular weight excluding hydrogens is 526 g/mol. The average Bonchev–Trinajstić information content (AvgIpc) is 2.90. The van der Waals surface area contributed by atoms with Gasteiger partial charge in [0.25, 0.3) is 10.1 Å². The fraction of sp³-hybridized carbons (Fsp3) is 0.969. The summed E-state index contributed by atoms with van der Waals surface area (Å²) in [6.07, 6.45) is 25.5. The number of unbranched alkanes of at least 4 members (excludes halogenated alkanes) is 21. The molecule has 0 saturated carbocycles. The van der Waals surface area contributed by atoms with E-state index in [0.29, 0.717) is 12.8 Å². The van der Waals surface area contributed by atoms with E-state index < -0.39 is 40.0 Å². The summed E-state index contributed by atoms with van der Waals surface area (Å²) in [7, 11) is -4.39. The summed E-state index contributed by atoms with van der Waals surface area (Å²) < 4.78 is 32.3. The first-order valence-corrected chi connectivity index (χ1v) is 18.4. The highest BCUT2D eigenvalue weighted by atomic mass is 32.2. The van der Waals surface area contributed by atoms with Gasteiger partial charge in [-0.15, -0.1) is 0 Å². The van der Waals surface area contributed by atoms with Gasteiger partial charge in [-0.3, -0.25) is 9.35 Å². The van der Waals surface area contributed by atoms with E-state index in [1.54, 1.807) is 0 Å². The molecule has 0 aromatic heterocycles. The van der Waals surface area contributed by atoms with Crippen molar-refractivity contribution < 1.29 is 28.0 Å². The number of aliphatic hydroxyl groups is 2. The molecule has 0 radical (unpaired) electrons. The van der Waals surface area contributed by atoms with Gasteiger partial charge < -0.3 is 15.5 Å². The maximum absolute atomic E-state index is 12.5. The van der Waals surface area contributed by atoms with Crippen molar-refractivity contribution in [2.24, 2.45) is 0 Å². The number of carbonyl (C=O) groups excluding carboxylic acids is 1. The lowest BCUT2D eigenvalue weighted by Crippen LogP contribution is -2.50. The fourth-order valence-corrected chi connectivity index (χ4v) is 6.04. The van der Waals surface area contributed by atoms with Gasteiger partial charge >= 0.3 is 0 Å². The Kier molecular flexibility index (Phi) is 26.7. The van der Waals surface area contributed by atoms with Crippen LogP contribution in [0.25, 0.3) is 0 Å². The van der Waals surface area contributed by atoms with E-state index in [0.717, 1.165) is 51.4 Å². The van der Waals surface area contributed by atoms with Crippen LogP contribution in [0, 0.1) is 0 Å². The predicted octanol–water partition coefficient (Wildman–Crippen LogP) is 7.87. The minimum absolute atomic E-state index is 0.302. The molecule has 0 aliphatic carbocycles. The van der Waals surface area contributed by atoms with E-state index in [1.807, 2.05) is 0 Å². The lowest BCUT2D eigenvalue weighted by molar-refractivity contribution is -0.131. The maximum atomic E-state index is 12.5. The van der Waals surface area contributed by atoms with Crippen LogP contribution in [0.15, 0.2) is 0 Å². The van der Waals surface area contributed by atoms with Crippen molar-refractivity contribution in [2.75, 3.05) is 5.75 Å². The summed E-state index contributed by atoms with van der Waals surface area (Å²) in [5.74, 6) is -1.45. The molecule has 1 amide bonds. The zero-order chi connectivity index (χ0) is 29.9. The largest absolute Gasteiger partial charge is 0.391 e. The zero-order valence-corrected chi connectivity index (χ0v) is 26.9. The van der Waals surface area contributed by atoms with Crippen LogP contribution in [0.2, 0.25) is 0 Å². The fourth-order valence-electron chi connectivity index (χ4n) is 5.28. The standard InChI is InChI=1S/C32H65NO6S/c1-3-5-7-9-11-13-15-17-18-20-22-24-26-30(34)29(28-40(37,38)39)33-32(36)31(35)27-25-23-21-19-16-14-12-10-8-6-4-2/h29-31,34-35H,3-28H2,1-2H3,(H,33,36)(H,37,38,39). The number of hydrogen-bond acceptors (Lipinski definition) is 5. The number of nitrogens with one attached hydrogen (secondary N) is 1. The number of amides is 1. The molecule has 0 aliphatic heterocycles. The molecule has 40 heavy (non-hydrogen) atoms. The van der Waals surface area contributed by atoms with E-state index in [-0.39, 0.29) is 0 Å². The van der Waals surface area contributed by atoms with Crippen LogP contribution in [-0.4, -0.2) is 53.1 Å². The molecule has 8 heteroatoms. The minimum atomic E-state index is -4.39. The normalized spacial score (nSPS) is 14.2. The second-order valence-corrected chi connectivity index (χ2v) is 13.4. The first kappa shape index (κ1) is 39.3. The Balaban J connectivity index is 4.11. The number of carbonyl (C=O) groups is 1. The highest BCUT2D eigenvalue weighted by molar-refractivity contribution is 7.85. The molecule has 0 rings (SSSR count). The molecule has 0 saturated heterocycles. The maximum Gasteiger partial charge on any atom is 0.266 e. The lowest BCUT2D eigenvalue weighted by Gasteiger charge is -2.24. The van der Waals surface area contributed by atoms with Gasteiger partial charge in [0.15, 0.2) is 0 Å². The molecule has 240 valence electrons. The third-order valence-corrected chi connectivity index (χ3v) is 8.70. The Morgan fingerprint density at radius 2 is 0.900 bits per heavy atom. The summed E-state index contributed by atoms with van der Waals surface area (Å²) in [5.41, 5.74) is 0. The van der Waals surface area contributed by atoms with Gasteiger partial charge in [0.2, 0.25) is 5.91 Å². The molecule has 0 aliphatic rings. The Labute approximate surface area is 247 Å². The molecule has 3 atom stereocenters. The van der Waals surface area contributed by atoms with Gasteiger partial charge in [-0.25, -0.2) is 0 Å². The summed E-state index contributed by atoms with van der Waals surface area (Å²) in [5, 5.41) is 23.3. The van der Waals surface area contributed by atoms with Crippen LogP contribution in [0.4, 0.5) is 0 Å². The number of aliphatic hydroxyl groups excluding tert-OH is 2. The molecule has 0 heterocycles. The van der Waals surface area contributed by atoms with Crippen molar-refractivity contribution in [3.63, 3.8) is 0 Å². The molecule has 0 aromatic rings. The van der Waals surface area contributed by atoms with Crippen molar-refractivity contribution in [3.05, 3.63) is 0 Å². The van der Waals surface area contributed by atoms with Crippen LogP contribution in [-0.2, 0) is 14.9 Å². The Hall–Kier alpha value is -0.700. The Morgan fingerprint density at radius 3 is 1.25 bits per heavy atom. The molecule has 0 bridgehead atoms. The smallest absolute Gasteiger partial charge is 0.266 e. The van der Waals surface area contributed by atoms with Gasteiger partial charge in [0, 0.05) is 0 Å². The third kappa shape index (κ3) is 26.2. The summed E-state index contributed by atoms with van der Waals surface area (Å²) in [4.78, 5) is 12.5. The van der Waals surface area contributed by atoms with Crippen molar-refractivity contribution in [3.8, 4) is 0 Å². The monoisotopic (exact) mass is 591 g/mol. The molecule has 7 nitrogen and oxygen atoms in total. The predicted molar refractivity (Wildman–Crippen MR) is 167 cm³/mol. The van der Waals surface area contributed by atoms with E-state index in [9.17, 15) is 28.0 Å². The van der Waals surface area contributed by atoms with Gasteiger partial charge in [-0.05, 0) is 12.8 Å². The van der Waals surface area contributed by atoms with Crippen LogP contribution in [0.5, 0.6) is 0 Å². The number of rotatable bonds is 30. The SMILES string of the molecule is CCCCCCCCCCCCCCC(O)C(CS(=O)(=O)O)NC(=O)C(O)CCCCCCCCCCCCC. The zero-order valence-electron chi connectivity index (χ0n) is 26.1. The quantitative estimate of drug-likeness (QED) is 0.0498. The molecular formula is C32H65NO6S. The average molecular weight is 592 g/mol. The highest BCUT2D eigenvalue weighted by Crippen LogP contribution is 2.15. The van der Waals surface area contributed by atoms with Crippen LogP contribution < -0.4 is 5.32 Å². The van der Waals surface area contributed by atoms with Crippen molar-refractivity contribution in [1.82, 2.24) is 5.32 Å². The lowest BCUT2D eigenvalue weighted by atomic mass is 10.0. The van der Waals surface area contributed by atoms with E-state index in [1.165, 1.54) is 96.3 Å². The second-order valence-electron chi connectivity index (χ2n) is 11.9.